The van der Waals surface area contributed by atoms with E-state index < -0.39 is 8.32 Å². The molecule has 0 saturated carbocycles. The lowest BCUT2D eigenvalue weighted by molar-refractivity contribution is 0.227. The highest BCUT2D eigenvalue weighted by Gasteiger charge is 2.21. The minimum atomic E-state index is -1.31. The number of nitrogens with zero attached hydrogens (tertiary/aromatic N) is 1. The predicted octanol–water partition coefficient (Wildman–Crippen LogP) is 3.10. The zero-order valence-corrected chi connectivity index (χ0v) is 11.7. The molecule has 0 radical (unpaired) electrons. The second-order valence-corrected chi connectivity index (χ2v) is 9.51. The third-order valence-electron chi connectivity index (χ3n) is 3.24. The van der Waals surface area contributed by atoms with Crippen LogP contribution in [0, 0.1) is 0 Å². The van der Waals surface area contributed by atoms with E-state index in [9.17, 15) is 0 Å². The second-order valence-electron chi connectivity index (χ2n) is 5.20. The van der Waals surface area contributed by atoms with E-state index in [2.05, 4.69) is 24.9 Å². The summed E-state index contributed by atoms with van der Waals surface area (Å²) in [7, 11) is -1.31. The molecule has 1 rings (SSSR count). The fraction of sp³-hybridized carbons (Fsp3) is 1.00. The summed E-state index contributed by atoms with van der Waals surface area (Å²) in [5, 5.41) is 0. The van der Waals surface area contributed by atoms with Crippen LogP contribution in [0.3, 0.4) is 0 Å². The summed E-state index contributed by atoms with van der Waals surface area (Å²) in [5.74, 6) is 0. The van der Waals surface area contributed by atoms with E-state index in [1.165, 1.54) is 51.4 Å². The van der Waals surface area contributed by atoms with E-state index in [1.807, 2.05) is 0 Å². The van der Waals surface area contributed by atoms with Gasteiger partial charge in [0.2, 0.25) is 0 Å². The molecule has 0 bridgehead atoms. The van der Waals surface area contributed by atoms with Crippen molar-refractivity contribution >= 4 is 8.32 Å². The summed E-state index contributed by atoms with van der Waals surface area (Å²) in [6.45, 7) is 11.6. The van der Waals surface area contributed by atoms with Crippen LogP contribution in [-0.4, -0.2) is 39.5 Å². The Morgan fingerprint density at radius 1 is 1.13 bits per heavy atom. The number of likely N-dealkylation sites (tertiary alicyclic amines) is 1. The molecule has 1 aliphatic heterocycles. The maximum Gasteiger partial charge on any atom is 0.186 e. The van der Waals surface area contributed by atoms with Gasteiger partial charge in [0.1, 0.15) is 0 Å². The monoisotopic (exact) mass is 229 g/mol. The molecular weight excluding hydrogens is 202 g/mol. The average molecular weight is 229 g/mol. The van der Waals surface area contributed by atoms with Crippen LogP contribution in [0.15, 0.2) is 0 Å². The number of hydrogen-bond acceptors (Lipinski definition) is 2. The van der Waals surface area contributed by atoms with Gasteiger partial charge in [0.25, 0.3) is 0 Å². The van der Waals surface area contributed by atoms with E-state index >= 15 is 0 Å². The zero-order chi connectivity index (χ0) is 11.1. The molecule has 0 atom stereocenters. The number of hydrogen-bond donors (Lipinski definition) is 0. The molecule has 0 aromatic carbocycles. The zero-order valence-electron chi connectivity index (χ0n) is 10.7. The van der Waals surface area contributed by atoms with Crippen molar-refractivity contribution in [2.75, 3.05) is 26.2 Å². The van der Waals surface area contributed by atoms with Crippen molar-refractivity contribution < 1.29 is 4.43 Å². The standard InChI is InChI=1S/C12H27NOSi/c1-4-14-15(2,3)12-8-11-13-9-6-5-7-10-13/h4-12H2,1-3H3. The van der Waals surface area contributed by atoms with Crippen molar-refractivity contribution in [1.29, 1.82) is 0 Å². The van der Waals surface area contributed by atoms with E-state index in [0.717, 1.165) is 6.61 Å². The number of rotatable bonds is 6. The van der Waals surface area contributed by atoms with Crippen LogP contribution in [0.1, 0.15) is 32.6 Å². The number of piperidine rings is 1. The molecule has 0 spiro atoms. The normalized spacial score (nSPS) is 19.4. The highest BCUT2D eigenvalue weighted by molar-refractivity contribution is 6.71. The maximum atomic E-state index is 5.84. The van der Waals surface area contributed by atoms with Crippen molar-refractivity contribution in [3.05, 3.63) is 0 Å². The average Bonchev–Trinajstić information content (AvgIpc) is 2.19. The summed E-state index contributed by atoms with van der Waals surface area (Å²) in [6, 6.07) is 1.32. The smallest absolute Gasteiger partial charge is 0.186 e. The van der Waals surface area contributed by atoms with Crippen LogP contribution in [0.2, 0.25) is 19.1 Å². The van der Waals surface area contributed by atoms with Crippen molar-refractivity contribution in [1.82, 2.24) is 4.90 Å². The van der Waals surface area contributed by atoms with E-state index in [0.29, 0.717) is 0 Å². The van der Waals surface area contributed by atoms with Gasteiger partial charge in [-0.2, -0.15) is 0 Å². The highest BCUT2D eigenvalue weighted by Crippen LogP contribution is 2.15. The van der Waals surface area contributed by atoms with Gasteiger partial charge in [0.05, 0.1) is 0 Å². The first-order valence-electron chi connectivity index (χ1n) is 6.50. The molecule has 0 aromatic heterocycles. The van der Waals surface area contributed by atoms with Gasteiger partial charge in [0.15, 0.2) is 8.32 Å². The third-order valence-corrected chi connectivity index (χ3v) is 5.86. The Balaban J connectivity index is 2.09. The molecule has 2 nitrogen and oxygen atoms in total. The molecule has 1 saturated heterocycles. The minimum Gasteiger partial charge on any atom is -0.418 e. The minimum absolute atomic E-state index is 0.892. The molecule has 15 heavy (non-hydrogen) atoms. The van der Waals surface area contributed by atoms with Crippen molar-refractivity contribution in [2.24, 2.45) is 0 Å². The molecule has 0 aromatic rings. The summed E-state index contributed by atoms with van der Waals surface area (Å²) in [5.41, 5.74) is 0. The second kappa shape index (κ2) is 6.66. The maximum absolute atomic E-state index is 5.84. The Morgan fingerprint density at radius 2 is 1.80 bits per heavy atom. The van der Waals surface area contributed by atoms with Gasteiger partial charge in [-0.15, -0.1) is 0 Å². The lowest BCUT2D eigenvalue weighted by Crippen LogP contribution is -2.34. The largest absolute Gasteiger partial charge is 0.418 e. The molecule has 1 aliphatic rings. The SMILES string of the molecule is CCO[Si](C)(C)CCCN1CCCCC1. The van der Waals surface area contributed by atoms with Crippen LogP contribution in [-0.2, 0) is 4.43 Å². The Morgan fingerprint density at radius 3 is 2.40 bits per heavy atom. The van der Waals surface area contributed by atoms with Crippen LogP contribution in [0.5, 0.6) is 0 Å². The first-order chi connectivity index (χ1) is 7.14. The lowest BCUT2D eigenvalue weighted by atomic mass is 10.1. The first kappa shape index (κ1) is 13.2. The van der Waals surface area contributed by atoms with Gasteiger partial charge >= 0.3 is 0 Å². The van der Waals surface area contributed by atoms with Gasteiger partial charge < -0.3 is 9.33 Å². The van der Waals surface area contributed by atoms with Crippen LogP contribution >= 0.6 is 0 Å². The molecule has 0 aliphatic carbocycles. The lowest BCUT2D eigenvalue weighted by Gasteiger charge is -2.28. The summed E-state index contributed by atoms with van der Waals surface area (Å²) < 4.78 is 5.84. The Hall–Kier alpha value is 0.137. The van der Waals surface area contributed by atoms with Gasteiger partial charge in [-0.05, 0) is 65.0 Å². The third kappa shape index (κ3) is 5.69. The van der Waals surface area contributed by atoms with Crippen molar-refractivity contribution in [3.63, 3.8) is 0 Å². The summed E-state index contributed by atoms with van der Waals surface area (Å²) >= 11 is 0. The van der Waals surface area contributed by atoms with Gasteiger partial charge in [-0.3, -0.25) is 0 Å². The fourth-order valence-corrected chi connectivity index (χ4v) is 4.31. The molecular formula is C12H27NOSi. The highest BCUT2D eigenvalue weighted by atomic mass is 28.4. The fourth-order valence-electron chi connectivity index (χ4n) is 2.37. The Kier molecular flexibility index (Phi) is 5.86. The quantitative estimate of drug-likeness (QED) is 0.649. The Labute approximate surface area is 96.1 Å². The molecule has 90 valence electrons. The van der Waals surface area contributed by atoms with E-state index in [1.54, 1.807) is 0 Å². The molecule has 0 N–H and O–H groups in total. The van der Waals surface area contributed by atoms with Gasteiger partial charge in [0, 0.05) is 6.61 Å². The molecule has 1 heterocycles. The summed E-state index contributed by atoms with van der Waals surface area (Å²) in [4.78, 5) is 2.62. The van der Waals surface area contributed by atoms with Gasteiger partial charge in [-0.25, -0.2) is 0 Å². The van der Waals surface area contributed by atoms with Crippen molar-refractivity contribution in [3.8, 4) is 0 Å². The van der Waals surface area contributed by atoms with E-state index in [4.69, 9.17) is 4.43 Å². The topological polar surface area (TPSA) is 12.5 Å². The van der Waals surface area contributed by atoms with Crippen LogP contribution < -0.4 is 0 Å². The van der Waals surface area contributed by atoms with E-state index in [-0.39, 0.29) is 0 Å². The molecule has 0 unspecified atom stereocenters. The van der Waals surface area contributed by atoms with Crippen molar-refractivity contribution in [2.45, 2.75) is 51.7 Å². The predicted molar refractivity (Wildman–Crippen MR) is 68.8 cm³/mol. The Bertz CT molecular complexity index is 167. The van der Waals surface area contributed by atoms with Gasteiger partial charge in [-0.1, -0.05) is 6.42 Å². The first-order valence-corrected chi connectivity index (χ1v) is 9.62. The van der Waals surface area contributed by atoms with Crippen LogP contribution in [0.25, 0.3) is 0 Å². The molecule has 1 fully saturated rings. The molecule has 3 heteroatoms. The van der Waals surface area contributed by atoms with Crippen LogP contribution in [0.4, 0.5) is 0 Å². The molecule has 0 amide bonds. The summed E-state index contributed by atoms with van der Waals surface area (Å²) in [6.07, 6.45) is 5.59.